The molecular weight excluding hydrogens is 280 g/mol. The van der Waals surface area contributed by atoms with E-state index in [-0.39, 0.29) is 17.6 Å². The largest absolute Gasteiger partial charge is 0.508 e. The lowest BCUT2D eigenvalue weighted by molar-refractivity contribution is 0.103. The van der Waals surface area contributed by atoms with E-state index in [9.17, 15) is 14.7 Å². The second-order valence-electron chi connectivity index (χ2n) is 5.29. The molecule has 4 rings (SSSR count). The topological polar surface area (TPSA) is 78.4 Å². The van der Waals surface area contributed by atoms with Crippen molar-refractivity contribution >= 4 is 17.5 Å². The Bertz CT molecular complexity index is 837. The fourth-order valence-electron chi connectivity index (χ4n) is 2.98. The molecule has 2 aromatic rings. The molecule has 2 amide bonds. The van der Waals surface area contributed by atoms with Crippen molar-refractivity contribution in [3.63, 3.8) is 0 Å². The molecule has 1 aliphatic heterocycles. The van der Waals surface area contributed by atoms with Gasteiger partial charge in [-0.05, 0) is 17.7 Å². The van der Waals surface area contributed by atoms with Crippen LogP contribution in [0.15, 0.2) is 54.1 Å². The highest BCUT2D eigenvalue weighted by molar-refractivity contribution is 6.23. The average Bonchev–Trinajstić information content (AvgIpc) is 2.81. The van der Waals surface area contributed by atoms with Gasteiger partial charge in [-0.3, -0.25) is 4.79 Å². The maximum atomic E-state index is 12.7. The fraction of sp³-hybridized carbons (Fsp3) is 0.0588. The van der Waals surface area contributed by atoms with E-state index in [1.165, 1.54) is 12.1 Å². The molecule has 0 aromatic heterocycles. The standard InChI is InChI=1S/C17H12N2O3/c20-10-7-5-9(6-8-10)14-13-15(19-17(22)18-14)11-3-1-2-4-12(11)16(13)21/h1-8,14,20H,(H2,18,19,22)/t14-/m1/s1. The summed E-state index contributed by atoms with van der Waals surface area (Å²) in [4.78, 5) is 24.6. The molecule has 2 aromatic carbocycles. The van der Waals surface area contributed by atoms with Gasteiger partial charge in [0.1, 0.15) is 5.75 Å². The number of hydrogen-bond acceptors (Lipinski definition) is 3. The van der Waals surface area contributed by atoms with Crippen molar-refractivity contribution in [1.29, 1.82) is 0 Å². The highest BCUT2D eigenvalue weighted by atomic mass is 16.3. The number of fused-ring (bicyclic) bond motifs is 2. The minimum Gasteiger partial charge on any atom is -0.508 e. The van der Waals surface area contributed by atoms with Gasteiger partial charge in [-0.15, -0.1) is 0 Å². The van der Waals surface area contributed by atoms with E-state index in [0.717, 1.165) is 11.1 Å². The van der Waals surface area contributed by atoms with Crippen molar-refractivity contribution in [1.82, 2.24) is 10.6 Å². The van der Waals surface area contributed by atoms with E-state index in [1.54, 1.807) is 24.3 Å². The molecule has 108 valence electrons. The number of Topliss-reactive ketones (excluding diaryl/α,β-unsaturated/α-hetero) is 1. The van der Waals surface area contributed by atoms with E-state index in [4.69, 9.17) is 0 Å². The van der Waals surface area contributed by atoms with Gasteiger partial charge in [0.25, 0.3) is 0 Å². The van der Waals surface area contributed by atoms with Gasteiger partial charge in [0, 0.05) is 11.1 Å². The van der Waals surface area contributed by atoms with Crippen LogP contribution < -0.4 is 10.6 Å². The number of benzene rings is 2. The van der Waals surface area contributed by atoms with Crippen LogP contribution >= 0.6 is 0 Å². The van der Waals surface area contributed by atoms with Crippen LogP contribution in [0.3, 0.4) is 0 Å². The predicted molar refractivity (Wildman–Crippen MR) is 80.2 cm³/mol. The van der Waals surface area contributed by atoms with Gasteiger partial charge in [-0.25, -0.2) is 4.79 Å². The summed E-state index contributed by atoms with van der Waals surface area (Å²) in [5, 5.41) is 14.9. The molecule has 5 heteroatoms. The fourth-order valence-corrected chi connectivity index (χ4v) is 2.98. The molecule has 0 saturated heterocycles. The third-order valence-corrected chi connectivity index (χ3v) is 3.98. The highest BCUT2D eigenvalue weighted by Crippen LogP contribution is 2.39. The van der Waals surface area contributed by atoms with Crippen LogP contribution in [-0.4, -0.2) is 16.9 Å². The number of nitrogens with one attached hydrogen (secondary N) is 2. The van der Waals surface area contributed by atoms with Crippen molar-refractivity contribution in [3.8, 4) is 5.75 Å². The third kappa shape index (κ3) is 1.72. The van der Waals surface area contributed by atoms with E-state index >= 15 is 0 Å². The van der Waals surface area contributed by atoms with E-state index in [1.807, 2.05) is 12.1 Å². The van der Waals surface area contributed by atoms with Crippen molar-refractivity contribution in [3.05, 3.63) is 70.8 Å². The summed E-state index contributed by atoms with van der Waals surface area (Å²) in [5.41, 5.74) is 3.21. The molecule has 3 N–H and O–H groups in total. The van der Waals surface area contributed by atoms with Crippen molar-refractivity contribution in [2.24, 2.45) is 0 Å². The summed E-state index contributed by atoms with van der Waals surface area (Å²) in [6.07, 6.45) is 0. The number of phenols is 1. The maximum Gasteiger partial charge on any atom is 0.320 e. The van der Waals surface area contributed by atoms with E-state index < -0.39 is 6.04 Å². The number of phenolic OH excluding ortho intramolecular Hbond substituents is 1. The third-order valence-electron chi connectivity index (χ3n) is 3.98. The molecule has 0 radical (unpaired) electrons. The molecule has 0 bridgehead atoms. The first kappa shape index (κ1) is 12.6. The zero-order valence-electron chi connectivity index (χ0n) is 11.5. The molecule has 22 heavy (non-hydrogen) atoms. The Morgan fingerprint density at radius 3 is 2.32 bits per heavy atom. The predicted octanol–water partition coefficient (Wildman–Crippen LogP) is 2.35. The van der Waals surface area contributed by atoms with Gasteiger partial charge in [-0.1, -0.05) is 36.4 Å². The van der Waals surface area contributed by atoms with Crippen LogP contribution in [0.2, 0.25) is 0 Å². The van der Waals surface area contributed by atoms with Crippen LogP contribution in [0.4, 0.5) is 4.79 Å². The summed E-state index contributed by atoms with van der Waals surface area (Å²) >= 11 is 0. The smallest absolute Gasteiger partial charge is 0.320 e. The van der Waals surface area contributed by atoms with Gasteiger partial charge in [0.05, 0.1) is 17.3 Å². The van der Waals surface area contributed by atoms with Gasteiger partial charge >= 0.3 is 6.03 Å². The van der Waals surface area contributed by atoms with E-state index in [0.29, 0.717) is 16.8 Å². The van der Waals surface area contributed by atoms with Crippen molar-refractivity contribution in [2.75, 3.05) is 0 Å². The zero-order chi connectivity index (χ0) is 15.3. The first-order valence-corrected chi connectivity index (χ1v) is 6.90. The van der Waals surface area contributed by atoms with Gasteiger partial charge in [0.15, 0.2) is 5.78 Å². The minimum absolute atomic E-state index is 0.0869. The molecule has 0 spiro atoms. The molecule has 1 atom stereocenters. The summed E-state index contributed by atoms with van der Waals surface area (Å²) < 4.78 is 0. The highest BCUT2D eigenvalue weighted by Gasteiger charge is 2.39. The summed E-state index contributed by atoms with van der Waals surface area (Å²) in [5.74, 6) is 0.0513. The lowest BCUT2D eigenvalue weighted by Gasteiger charge is -2.26. The molecular formula is C17H12N2O3. The number of rotatable bonds is 1. The van der Waals surface area contributed by atoms with Crippen molar-refractivity contribution in [2.45, 2.75) is 6.04 Å². The molecule has 2 aliphatic rings. The number of urea groups is 1. The summed E-state index contributed by atoms with van der Waals surface area (Å²) in [6.45, 7) is 0. The molecule has 1 aliphatic carbocycles. The lowest BCUT2D eigenvalue weighted by Crippen LogP contribution is -2.43. The molecule has 5 nitrogen and oxygen atoms in total. The Balaban J connectivity index is 1.88. The van der Waals surface area contributed by atoms with Crippen LogP contribution in [0, 0.1) is 0 Å². The Kier molecular flexibility index (Phi) is 2.56. The van der Waals surface area contributed by atoms with Crippen LogP contribution in [0.1, 0.15) is 27.5 Å². The number of carbonyl (C=O) groups excluding carboxylic acids is 2. The molecule has 0 saturated carbocycles. The zero-order valence-corrected chi connectivity index (χ0v) is 11.5. The van der Waals surface area contributed by atoms with Crippen molar-refractivity contribution < 1.29 is 14.7 Å². The molecule has 1 heterocycles. The van der Waals surface area contributed by atoms with Gasteiger partial charge < -0.3 is 15.7 Å². The van der Waals surface area contributed by atoms with Crippen LogP contribution in [0.25, 0.3) is 5.70 Å². The second-order valence-corrected chi connectivity index (χ2v) is 5.29. The average molecular weight is 292 g/mol. The quantitative estimate of drug-likeness (QED) is 0.755. The van der Waals surface area contributed by atoms with E-state index in [2.05, 4.69) is 10.6 Å². The monoisotopic (exact) mass is 292 g/mol. The minimum atomic E-state index is -0.524. The number of aromatic hydroxyl groups is 1. The normalized spacial score (nSPS) is 19.4. The Morgan fingerprint density at radius 2 is 1.59 bits per heavy atom. The maximum absolute atomic E-state index is 12.7. The summed E-state index contributed by atoms with van der Waals surface area (Å²) in [6, 6.07) is 12.8. The molecule has 0 fully saturated rings. The first-order valence-electron chi connectivity index (χ1n) is 6.90. The summed E-state index contributed by atoms with van der Waals surface area (Å²) in [7, 11) is 0. The number of amides is 2. The van der Waals surface area contributed by atoms with Crippen LogP contribution in [-0.2, 0) is 0 Å². The number of carbonyl (C=O) groups is 2. The van der Waals surface area contributed by atoms with Crippen LogP contribution in [0.5, 0.6) is 5.75 Å². The Morgan fingerprint density at radius 1 is 0.909 bits per heavy atom. The number of ketones is 1. The number of hydrogen-bond donors (Lipinski definition) is 3. The molecule has 0 unspecified atom stereocenters. The lowest BCUT2D eigenvalue weighted by atomic mass is 9.94. The first-order chi connectivity index (χ1) is 10.6. The Labute approximate surface area is 126 Å². The SMILES string of the molecule is O=C1NC2=C(C(=O)c3ccccc32)[C@@H](c2ccc(O)cc2)N1. The second kappa shape index (κ2) is 4.46. The van der Waals surface area contributed by atoms with Gasteiger partial charge in [-0.2, -0.15) is 0 Å². The van der Waals surface area contributed by atoms with Gasteiger partial charge in [0.2, 0.25) is 0 Å². The Hall–Kier alpha value is -3.08.